The maximum Gasteiger partial charge on any atom is 0.134 e. The first-order valence-electron chi connectivity index (χ1n) is 3.56. The van der Waals surface area contributed by atoms with Crippen LogP contribution in [0.25, 0.3) is 0 Å². The van der Waals surface area contributed by atoms with Crippen molar-refractivity contribution in [3.8, 4) is 0 Å². The average Bonchev–Trinajstić information content (AvgIpc) is 1.96. The van der Waals surface area contributed by atoms with E-state index in [9.17, 15) is 4.79 Å². The molecule has 0 bridgehead atoms. The topological polar surface area (TPSA) is 17.1 Å². The van der Waals surface area contributed by atoms with Crippen LogP contribution in [0.5, 0.6) is 0 Å². The van der Waals surface area contributed by atoms with E-state index in [2.05, 4.69) is 35.2 Å². The van der Waals surface area contributed by atoms with Gasteiger partial charge < -0.3 is 0 Å². The Bertz CT molecular complexity index is 309. The molecular formula is C9H9IOS. The second-order valence-electron chi connectivity index (χ2n) is 2.65. The van der Waals surface area contributed by atoms with Crippen molar-refractivity contribution in [2.45, 2.75) is 18.2 Å². The van der Waals surface area contributed by atoms with Crippen LogP contribution >= 0.6 is 35.2 Å². The minimum atomic E-state index is 0.173. The van der Waals surface area contributed by atoms with E-state index in [4.69, 9.17) is 0 Å². The number of benzene rings is 1. The summed E-state index contributed by atoms with van der Waals surface area (Å²) in [6, 6.07) is 5.89. The molecule has 0 amide bonds. The summed E-state index contributed by atoms with van der Waals surface area (Å²) < 4.78 is 1.14. The van der Waals surface area contributed by atoms with E-state index in [1.165, 1.54) is 0 Å². The van der Waals surface area contributed by atoms with Crippen LogP contribution in [0.4, 0.5) is 0 Å². The van der Waals surface area contributed by atoms with Gasteiger partial charge in [0.05, 0.1) is 0 Å². The molecule has 1 aromatic rings. The summed E-state index contributed by atoms with van der Waals surface area (Å²) in [6.07, 6.45) is 0.482. The Morgan fingerprint density at radius 1 is 1.58 bits per heavy atom. The van der Waals surface area contributed by atoms with E-state index in [0.29, 0.717) is 6.42 Å². The summed E-state index contributed by atoms with van der Waals surface area (Å²) in [5, 5.41) is 0. The molecule has 0 unspecified atom stereocenters. The number of Topliss-reactive ketones (excluding diaryl/α,β-unsaturated/α-hetero) is 1. The lowest BCUT2D eigenvalue weighted by atomic mass is 10.1. The van der Waals surface area contributed by atoms with E-state index in [-0.39, 0.29) is 5.78 Å². The Labute approximate surface area is 91.1 Å². The highest BCUT2D eigenvalue weighted by Crippen LogP contribution is 2.17. The third kappa shape index (κ3) is 2.79. The number of ketones is 1. The van der Waals surface area contributed by atoms with Crippen LogP contribution in [0.1, 0.15) is 12.5 Å². The lowest BCUT2D eigenvalue weighted by Gasteiger charge is -2.02. The largest absolute Gasteiger partial charge is 0.300 e. The molecule has 0 spiro atoms. The van der Waals surface area contributed by atoms with Gasteiger partial charge in [-0.05, 0) is 53.3 Å². The molecule has 0 N–H and O–H groups in total. The monoisotopic (exact) mass is 292 g/mol. The molecule has 0 saturated carbocycles. The number of thiol groups is 1. The number of carbonyl (C=O) groups is 1. The summed E-state index contributed by atoms with van der Waals surface area (Å²) in [5.41, 5.74) is 1.01. The second kappa shape index (κ2) is 4.28. The van der Waals surface area contributed by atoms with Gasteiger partial charge in [-0.25, -0.2) is 0 Å². The first-order chi connectivity index (χ1) is 5.59. The standard InChI is InChI=1S/C9H9IOS/c1-6(11)4-7-5-8(10)2-3-9(7)12/h2-3,5,12H,4H2,1H3. The Morgan fingerprint density at radius 2 is 2.25 bits per heavy atom. The van der Waals surface area contributed by atoms with Gasteiger partial charge in [0.1, 0.15) is 5.78 Å². The summed E-state index contributed by atoms with van der Waals surface area (Å²) in [6.45, 7) is 1.59. The number of carbonyl (C=O) groups excluding carboxylic acids is 1. The molecule has 0 heterocycles. The zero-order valence-corrected chi connectivity index (χ0v) is 9.72. The Kier molecular flexibility index (Phi) is 3.58. The van der Waals surface area contributed by atoms with Gasteiger partial charge in [0.2, 0.25) is 0 Å². The lowest BCUT2D eigenvalue weighted by molar-refractivity contribution is -0.116. The normalized spacial score (nSPS) is 9.92. The predicted molar refractivity (Wildman–Crippen MR) is 60.8 cm³/mol. The molecule has 1 aromatic carbocycles. The molecule has 0 aliphatic carbocycles. The van der Waals surface area contributed by atoms with Crippen molar-refractivity contribution in [3.05, 3.63) is 27.3 Å². The third-order valence-corrected chi connectivity index (χ3v) is 2.59. The summed E-state index contributed by atoms with van der Waals surface area (Å²) in [7, 11) is 0. The molecule has 0 aliphatic rings. The molecule has 0 saturated heterocycles. The van der Waals surface area contributed by atoms with Crippen LogP contribution in [0.3, 0.4) is 0 Å². The molecule has 0 fully saturated rings. The van der Waals surface area contributed by atoms with E-state index in [1.807, 2.05) is 18.2 Å². The van der Waals surface area contributed by atoms with Crippen molar-refractivity contribution >= 4 is 41.0 Å². The summed E-state index contributed by atoms with van der Waals surface area (Å²) >= 11 is 6.49. The lowest BCUT2D eigenvalue weighted by Crippen LogP contribution is -1.97. The maximum atomic E-state index is 10.8. The van der Waals surface area contributed by atoms with E-state index >= 15 is 0 Å². The first-order valence-corrected chi connectivity index (χ1v) is 5.09. The smallest absolute Gasteiger partial charge is 0.134 e. The average molecular weight is 292 g/mol. The fourth-order valence-electron chi connectivity index (χ4n) is 0.964. The van der Waals surface area contributed by atoms with Gasteiger partial charge in [0.15, 0.2) is 0 Å². The molecule has 1 nitrogen and oxygen atoms in total. The molecule has 0 radical (unpaired) electrons. The van der Waals surface area contributed by atoms with Crippen molar-refractivity contribution in [3.63, 3.8) is 0 Å². The number of halogens is 1. The molecule has 12 heavy (non-hydrogen) atoms. The summed E-state index contributed by atoms with van der Waals surface area (Å²) in [5.74, 6) is 0.173. The molecule has 0 aliphatic heterocycles. The van der Waals surface area contributed by atoms with Gasteiger partial charge in [0.25, 0.3) is 0 Å². The third-order valence-electron chi connectivity index (χ3n) is 1.48. The molecular weight excluding hydrogens is 283 g/mol. The van der Waals surface area contributed by atoms with Gasteiger partial charge >= 0.3 is 0 Å². The van der Waals surface area contributed by atoms with Crippen LogP contribution in [0, 0.1) is 3.57 Å². The van der Waals surface area contributed by atoms with Gasteiger partial charge in [-0.3, -0.25) is 4.79 Å². The minimum Gasteiger partial charge on any atom is -0.300 e. The van der Waals surface area contributed by atoms with E-state index < -0.39 is 0 Å². The fourth-order valence-corrected chi connectivity index (χ4v) is 1.74. The van der Waals surface area contributed by atoms with E-state index in [1.54, 1.807) is 6.92 Å². The van der Waals surface area contributed by atoms with Gasteiger partial charge in [-0.15, -0.1) is 12.6 Å². The van der Waals surface area contributed by atoms with Crippen molar-refractivity contribution in [1.82, 2.24) is 0 Å². The van der Waals surface area contributed by atoms with Crippen LogP contribution in [0.2, 0.25) is 0 Å². The van der Waals surface area contributed by atoms with Crippen molar-refractivity contribution in [2.24, 2.45) is 0 Å². The van der Waals surface area contributed by atoms with Crippen molar-refractivity contribution in [2.75, 3.05) is 0 Å². The SMILES string of the molecule is CC(=O)Cc1cc(I)ccc1S. The van der Waals surface area contributed by atoms with Crippen LogP contribution < -0.4 is 0 Å². The quantitative estimate of drug-likeness (QED) is 0.655. The summed E-state index contributed by atoms with van der Waals surface area (Å²) in [4.78, 5) is 11.7. The number of hydrogen-bond acceptors (Lipinski definition) is 2. The predicted octanol–water partition coefficient (Wildman–Crippen LogP) is 2.71. The highest BCUT2D eigenvalue weighted by atomic mass is 127. The van der Waals surface area contributed by atoms with Crippen molar-refractivity contribution < 1.29 is 4.79 Å². The van der Waals surface area contributed by atoms with Crippen LogP contribution in [-0.2, 0) is 11.2 Å². The highest BCUT2D eigenvalue weighted by molar-refractivity contribution is 14.1. The number of hydrogen-bond donors (Lipinski definition) is 1. The van der Waals surface area contributed by atoms with Gasteiger partial charge in [-0.2, -0.15) is 0 Å². The molecule has 0 aromatic heterocycles. The molecule has 64 valence electrons. The number of rotatable bonds is 2. The molecule has 1 rings (SSSR count). The van der Waals surface area contributed by atoms with Crippen molar-refractivity contribution in [1.29, 1.82) is 0 Å². The van der Waals surface area contributed by atoms with Crippen LogP contribution in [-0.4, -0.2) is 5.78 Å². The Morgan fingerprint density at radius 3 is 2.83 bits per heavy atom. The first kappa shape index (κ1) is 10.1. The second-order valence-corrected chi connectivity index (χ2v) is 4.38. The molecule has 0 atom stereocenters. The molecule has 3 heteroatoms. The van der Waals surface area contributed by atoms with Crippen LogP contribution in [0.15, 0.2) is 23.1 Å². The zero-order valence-electron chi connectivity index (χ0n) is 6.67. The van der Waals surface area contributed by atoms with Gasteiger partial charge in [-0.1, -0.05) is 0 Å². The van der Waals surface area contributed by atoms with Gasteiger partial charge in [0, 0.05) is 14.9 Å². The highest BCUT2D eigenvalue weighted by Gasteiger charge is 2.02. The van der Waals surface area contributed by atoms with E-state index in [0.717, 1.165) is 14.0 Å². The zero-order chi connectivity index (χ0) is 9.14. The maximum absolute atomic E-state index is 10.8. The fraction of sp³-hybridized carbons (Fsp3) is 0.222. The minimum absolute atomic E-state index is 0.173. The Hall–Kier alpha value is -0.0300. The Balaban J connectivity index is 2.97.